The van der Waals surface area contributed by atoms with Gasteiger partial charge in [-0.3, -0.25) is 19.7 Å². The lowest BCUT2D eigenvalue weighted by Crippen LogP contribution is -2.57. The van der Waals surface area contributed by atoms with Crippen molar-refractivity contribution in [3.8, 4) is 0 Å². The van der Waals surface area contributed by atoms with E-state index in [1.165, 1.54) is 18.9 Å². The lowest BCUT2D eigenvalue weighted by Gasteiger charge is -2.31. The predicted octanol–water partition coefficient (Wildman–Crippen LogP) is 3.29. The number of alkyl carbamates (subject to hydrolysis) is 1. The van der Waals surface area contributed by atoms with Crippen molar-refractivity contribution in [2.24, 2.45) is 17.6 Å². The van der Waals surface area contributed by atoms with Gasteiger partial charge in [0.05, 0.1) is 18.3 Å². The van der Waals surface area contributed by atoms with Crippen LogP contribution in [0, 0.1) is 11.8 Å². The molecular formula is C34H52N6O6. The number of nitrogens with one attached hydrogen (secondary N) is 4. The zero-order valence-corrected chi connectivity index (χ0v) is 27.6. The number of aromatic nitrogens is 2. The molecule has 0 aliphatic heterocycles. The lowest BCUT2D eigenvalue weighted by atomic mass is 9.81. The number of imide groups is 1. The van der Waals surface area contributed by atoms with Crippen molar-refractivity contribution in [1.82, 2.24) is 25.9 Å². The third-order valence-corrected chi connectivity index (χ3v) is 8.27. The second kappa shape index (κ2) is 17.8. The Morgan fingerprint density at radius 2 is 1.67 bits per heavy atom. The highest BCUT2D eigenvalue weighted by Gasteiger charge is 2.35. The number of hydrogen-bond acceptors (Lipinski definition) is 8. The van der Waals surface area contributed by atoms with E-state index >= 15 is 0 Å². The van der Waals surface area contributed by atoms with Crippen LogP contribution in [-0.4, -0.2) is 68.7 Å². The molecule has 1 aliphatic carbocycles. The number of rotatable bonds is 15. The topological polar surface area (TPSA) is 189 Å². The number of nitrogens with zero attached hydrogens (tertiary/aromatic N) is 1. The van der Waals surface area contributed by atoms with Crippen LogP contribution in [-0.2, 0) is 32.0 Å². The number of ether oxygens (including phenoxy) is 1. The summed E-state index contributed by atoms with van der Waals surface area (Å²) in [5.41, 5.74) is 6.95. The molecule has 5 atom stereocenters. The Labute approximate surface area is 272 Å². The Balaban J connectivity index is 1.76. The molecule has 1 heterocycles. The van der Waals surface area contributed by atoms with Crippen LogP contribution in [0.15, 0.2) is 42.9 Å². The fourth-order valence-electron chi connectivity index (χ4n) is 5.92. The van der Waals surface area contributed by atoms with E-state index in [0.29, 0.717) is 30.9 Å². The highest BCUT2D eigenvalue weighted by atomic mass is 16.6. The first kappa shape index (κ1) is 36.7. The number of H-pyrrole nitrogens is 1. The number of hydrogen-bond donors (Lipinski definition) is 6. The summed E-state index contributed by atoms with van der Waals surface area (Å²) < 4.78 is 5.38. The van der Waals surface area contributed by atoms with E-state index in [0.717, 1.165) is 31.2 Å². The maximum absolute atomic E-state index is 13.7. The summed E-state index contributed by atoms with van der Waals surface area (Å²) in [7, 11) is 0. The van der Waals surface area contributed by atoms with Gasteiger partial charge in [0.15, 0.2) is 0 Å². The van der Waals surface area contributed by atoms with Crippen molar-refractivity contribution in [2.45, 2.75) is 122 Å². The highest BCUT2D eigenvalue weighted by molar-refractivity contribution is 6.01. The Morgan fingerprint density at radius 1 is 1.00 bits per heavy atom. The average Bonchev–Trinajstić information content (AvgIpc) is 3.52. The summed E-state index contributed by atoms with van der Waals surface area (Å²) >= 11 is 0. The van der Waals surface area contributed by atoms with Crippen molar-refractivity contribution in [1.29, 1.82) is 0 Å². The molecule has 0 saturated heterocycles. The number of benzene rings is 1. The van der Waals surface area contributed by atoms with E-state index in [1.807, 2.05) is 37.3 Å². The molecule has 0 bridgehead atoms. The van der Waals surface area contributed by atoms with E-state index in [9.17, 15) is 24.3 Å². The number of aliphatic hydroxyl groups is 1. The molecule has 1 fully saturated rings. The molecule has 4 amide bonds. The quantitative estimate of drug-likeness (QED) is 0.171. The molecule has 2 aromatic rings. The minimum atomic E-state index is -1.20. The van der Waals surface area contributed by atoms with E-state index in [-0.39, 0.29) is 12.8 Å². The van der Waals surface area contributed by atoms with Gasteiger partial charge in [-0.1, -0.05) is 75.8 Å². The Morgan fingerprint density at radius 3 is 2.28 bits per heavy atom. The maximum Gasteiger partial charge on any atom is 0.408 e. The lowest BCUT2D eigenvalue weighted by molar-refractivity contribution is -0.138. The monoisotopic (exact) mass is 640 g/mol. The van der Waals surface area contributed by atoms with Gasteiger partial charge in [-0.25, -0.2) is 9.78 Å². The molecule has 0 spiro atoms. The number of aliphatic hydroxyl groups excluding tert-OH is 1. The van der Waals surface area contributed by atoms with Crippen molar-refractivity contribution < 1.29 is 29.0 Å². The van der Waals surface area contributed by atoms with Crippen LogP contribution < -0.4 is 21.7 Å². The van der Waals surface area contributed by atoms with Crippen LogP contribution >= 0.6 is 0 Å². The van der Waals surface area contributed by atoms with Crippen LogP contribution in [0.4, 0.5) is 4.79 Å². The standard InChI is InChI=1S/C34H52N6O6/c1-5-12-25(29(41)26(35)17-22-13-8-6-9-14-22)30(42)40-32(44)28(19-24-20-36-21-37-24)38-31(43)27(18-23-15-10-7-11-16-23)39-33(45)46-34(2,3)4/h7,10-11,15-16,20-22,25-29,41H,5-6,8-9,12-14,17-19,35H2,1-4H3,(H,36,37)(H,38,43)(H,39,45)(H,40,42,44)/t25?,26?,27-,28-,29?/m0/s1. The van der Waals surface area contributed by atoms with Crippen molar-refractivity contribution in [3.63, 3.8) is 0 Å². The normalized spacial score (nSPS) is 17.2. The summed E-state index contributed by atoms with van der Waals surface area (Å²) in [4.78, 5) is 60.4. The predicted molar refractivity (Wildman–Crippen MR) is 174 cm³/mol. The zero-order chi connectivity index (χ0) is 33.7. The Kier molecular flexibility index (Phi) is 14.2. The largest absolute Gasteiger partial charge is 0.444 e. The van der Waals surface area contributed by atoms with Crippen LogP contribution in [0.25, 0.3) is 0 Å². The van der Waals surface area contributed by atoms with Gasteiger partial charge < -0.3 is 31.2 Å². The molecule has 7 N–H and O–H groups in total. The first-order valence-corrected chi connectivity index (χ1v) is 16.5. The van der Waals surface area contributed by atoms with E-state index in [1.54, 1.807) is 20.8 Å². The highest BCUT2D eigenvalue weighted by Crippen LogP contribution is 2.29. The summed E-state index contributed by atoms with van der Waals surface area (Å²) in [5, 5.41) is 18.9. The molecule has 3 rings (SSSR count). The fraction of sp³-hybridized carbons (Fsp3) is 0.618. The number of nitrogens with two attached hydrogens (primary N) is 1. The van der Waals surface area contributed by atoms with E-state index < -0.39 is 59.6 Å². The third kappa shape index (κ3) is 12.2. The number of amides is 4. The smallest absolute Gasteiger partial charge is 0.408 e. The van der Waals surface area contributed by atoms with Crippen molar-refractivity contribution in [3.05, 3.63) is 54.1 Å². The van der Waals surface area contributed by atoms with Gasteiger partial charge in [-0.15, -0.1) is 0 Å². The first-order chi connectivity index (χ1) is 21.9. The molecule has 12 nitrogen and oxygen atoms in total. The molecule has 1 aromatic heterocycles. The molecule has 1 aliphatic rings. The minimum Gasteiger partial charge on any atom is -0.444 e. The summed E-state index contributed by atoms with van der Waals surface area (Å²) in [6, 6.07) is 6.24. The molecule has 12 heteroatoms. The minimum absolute atomic E-state index is 0.00244. The van der Waals surface area contributed by atoms with Crippen LogP contribution in [0.1, 0.15) is 90.3 Å². The van der Waals surface area contributed by atoms with E-state index in [4.69, 9.17) is 10.5 Å². The van der Waals surface area contributed by atoms with Crippen LogP contribution in [0.5, 0.6) is 0 Å². The average molecular weight is 641 g/mol. The number of carbonyl (C=O) groups excluding carboxylic acids is 4. The fourth-order valence-corrected chi connectivity index (χ4v) is 5.92. The van der Waals surface area contributed by atoms with Gasteiger partial charge >= 0.3 is 6.09 Å². The van der Waals surface area contributed by atoms with Gasteiger partial charge in [0.2, 0.25) is 17.7 Å². The second-order valence-corrected chi connectivity index (χ2v) is 13.4. The van der Waals surface area contributed by atoms with Crippen LogP contribution in [0.3, 0.4) is 0 Å². The van der Waals surface area contributed by atoms with Crippen molar-refractivity contribution >= 4 is 23.8 Å². The van der Waals surface area contributed by atoms with Gasteiger partial charge in [0.25, 0.3) is 0 Å². The Hall–Kier alpha value is -3.77. The van der Waals surface area contributed by atoms with Gasteiger partial charge in [-0.2, -0.15) is 0 Å². The molecule has 3 unspecified atom stereocenters. The van der Waals surface area contributed by atoms with Crippen molar-refractivity contribution in [2.75, 3.05) is 0 Å². The van der Waals surface area contributed by atoms with E-state index in [2.05, 4.69) is 25.9 Å². The third-order valence-electron chi connectivity index (χ3n) is 8.27. The maximum atomic E-state index is 13.7. The SMILES string of the molecule is CCCC(C(=O)NC(=O)[C@H](Cc1cnc[nH]1)NC(=O)[C@H](Cc1ccccc1)NC(=O)OC(C)(C)C)C(O)C(N)CC1CCCCC1. The van der Waals surface area contributed by atoms with Gasteiger partial charge in [-0.05, 0) is 45.1 Å². The molecule has 1 aromatic carbocycles. The summed E-state index contributed by atoms with van der Waals surface area (Å²) in [6.07, 6.45) is 8.37. The van der Waals surface area contributed by atoms with Crippen LogP contribution in [0.2, 0.25) is 0 Å². The first-order valence-electron chi connectivity index (χ1n) is 16.5. The molecule has 254 valence electrons. The number of carbonyl (C=O) groups is 4. The van der Waals surface area contributed by atoms with Gasteiger partial charge in [0, 0.05) is 30.8 Å². The number of aromatic amines is 1. The molecular weight excluding hydrogens is 588 g/mol. The Bertz CT molecular complexity index is 1240. The zero-order valence-electron chi connectivity index (χ0n) is 27.6. The summed E-state index contributed by atoms with van der Waals surface area (Å²) in [6.45, 7) is 7.04. The molecule has 46 heavy (non-hydrogen) atoms. The second-order valence-electron chi connectivity index (χ2n) is 13.4. The summed E-state index contributed by atoms with van der Waals surface area (Å²) in [5.74, 6) is -2.51. The van der Waals surface area contributed by atoms with Gasteiger partial charge in [0.1, 0.15) is 17.7 Å². The number of imidazole rings is 1. The molecule has 0 radical (unpaired) electrons. The molecule has 1 saturated carbocycles.